The van der Waals surface area contributed by atoms with E-state index in [2.05, 4.69) is 20.6 Å². The molecular formula is C18H16FN5O5. The highest BCUT2D eigenvalue weighted by Gasteiger charge is 2.19. The monoisotopic (exact) mass is 401 g/mol. The summed E-state index contributed by atoms with van der Waals surface area (Å²) in [5.74, 6) is -2.37. The van der Waals surface area contributed by atoms with Crippen LogP contribution in [0.3, 0.4) is 0 Å². The van der Waals surface area contributed by atoms with Crippen molar-refractivity contribution in [3.8, 4) is 0 Å². The summed E-state index contributed by atoms with van der Waals surface area (Å²) < 4.78 is 18.7. The molecule has 0 aliphatic carbocycles. The maximum absolute atomic E-state index is 13.6. The number of aromatic nitrogens is 2. The van der Waals surface area contributed by atoms with Crippen molar-refractivity contribution < 1.29 is 28.3 Å². The predicted molar refractivity (Wildman–Crippen MR) is 97.8 cm³/mol. The van der Waals surface area contributed by atoms with Gasteiger partial charge in [0.1, 0.15) is 23.2 Å². The van der Waals surface area contributed by atoms with Gasteiger partial charge in [-0.2, -0.15) is 0 Å². The van der Waals surface area contributed by atoms with Gasteiger partial charge in [-0.1, -0.05) is 18.2 Å². The summed E-state index contributed by atoms with van der Waals surface area (Å²) >= 11 is 0. The third-order valence-corrected chi connectivity index (χ3v) is 3.84. The number of hydrogen-bond acceptors (Lipinski definition) is 5. The van der Waals surface area contributed by atoms with E-state index in [0.29, 0.717) is 0 Å². The van der Waals surface area contributed by atoms with Crippen molar-refractivity contribution in [2.45, 2.75) is 13.0 Å². The number of urea groups is 1. The first kappa shape index (κ1) is 19.6. The van der Waals surface area contributed by atoms with Crippen LogP contribution in [-0.2, 0) is 13.0 Å². The Labute approximate surface area is 162 Å². The van der Waals surface area contributed by atoms with Crippen molar-refractivity contribution in [1.29, 1.82) is 0 Å². The van der Waals surface area contributed by atoms with E-state index >= 15 is 0 Å². The minimum Gasteiger partial charge on any atom is -0.475 e. The maximum atomic E-state index is 13.6. The predicted octanol–water partition coefficient (Wildman–Crippen LogP) is 1.85. The molecule has 2 heterocycles. The van der Waals surface area contributed by atoms with Crippen LogP contribution in [0.25, 0.3) is 0 Å². The van der Waals surface area contributed by atoms with Crippen LogP contribution in [0.5, 0.6) is 0 Å². The average molecular weight is 401 g/mol. The van der Waals surface area contributed by atoms with E-state index in [1.54, 1.807) is 6.07 Å². The van der Waals surface area contributed by atoms with Gasteiger partial charge >= 0.3 is 12.0 Å². The minimum absolute atomic E-state index is 0.0338. The largest absolute Gasteiger partial charge is 0.475 e. The van der Waals surface area contributed by atoms with Crippen molar-refractivity contribution in [1.82, 2.24) is 15.3 Å². The Hall–Kier alpha value is -4.15. The number of rotatable bonds is 7. The van der Waals surface area contributed by atoms with E-state index in [0.717, 1.165) is 0 Å². The second-order valence-electron chi connectivity index (χ2n) is 5.92. The Morgan fingerprint density at radius 3 is 2.62 bits per heavy atom. The van der Waals surface area contributed by atoms with Crippen LogP contribution in [0, 0.1) is 5.82 Å². The van der Waals surface area contributed by atoms with Crippen LogP contribution >= 0.6 is 0 Å². The van der Waals surface area contributed by atoms with Gasteiger partial charge in [0.05, 0.1) is 6.42 Å². The standard InChI is InChI=1S/C18H16FN5O5/c19-11-4-2-1-3-9(11)8-21-18(28)24-16-14(15(20)25)22-13(23-16)7-10-5-6-12(29-10)17(26)27/h1-6H,7-8H2,(H2,20,25)(H,22,23)(H,26,27)(H2,21,24,28). The van der Waals surface area contributed by atoms with E-state index in [4.69, 9.17) is 15.3 Å². The lowest BCUT2D eigenvalue weighted by atomic mass is 10.2. The summed E-state index contributed by atoms with van der Waals surface area (Å²) in [6.07, 6.45) is 0.0338. The van der Waals surface area contributed by atoms with Gasteiger partial charge in [-0.15, -0.1) is 0 Å². The van der Waals surface area contributed by atoms with Crippen LogP contribution in [0.1, 0.15) is 38.2 Å². The van der Waals surface area contributed by atoms with Crippen LogP contribution in [-0.4, -0.2) is 33.0 Å². The zero-order chi connectivity index (χ0) is 21.0. The molecule has 0 saturated carbocycles. The summed E-state index contributed by atoms with van der Waals surface area (Å²) in [5, 5.41) is 13.7. The van der Waals surface area contributed by atoms with Crippen LogP contribution < -0.4 is 16.4 Å². The molecule has 0 fully saturated rings. The number of carboxylic acids is 1. The number of carbonyl (C=O) groups excluding carboxylic acids is 2. The fraction of sp³-hybridized carbons (Fsp3) is 0.111. The number of nitrogens with one attached hydrogen (secondary N) is 3. The van der Waals surface area contributed by atoms with Gasteiger partial charge in [0.15, 0.2) is 5.69 Å². The van der Waals surface area contributed by atoms with Gasteiger partial charge in [0.25, 0.3) is 5.91 Å². The topological polar surface area (TPSA) is 163 Å². The molecule has 29 heavy (non-hydrogen) atoms. The number of aromatic carboxylic acids is 1. The van der Waals surface area contributed by atoms with Gasteiger partial charge in [-0.05, 0) is 18.2 Å². The van der Waals surface area contributed by atoms with Crippen molar-refractivity contribution in [3.63, 3.8) is 0 Å². The van der Waals surface area contributed by atoms with E-state index in [9.17, 15) is 18.8 Å². The van der Waals surface area contributed by atoms with E-state index in [1.165, 1.54) is 30.3 Å². The van der Waals surface area contributed by atoms with Crippen LogP contribution in [0.15, 0.2) is 40.8 Å². The molecule has 0 atom stereocenters. The van der Waals surface area contributed by atoms with E-state index in [-0.39, 0.29) is 47.4 Å². The number of imidazole rings is 1. The maximum Gasteiger partial charge on any atom is 0.371 e. The Morgan fingerprint density at radius 2 is 1.97 bits per heavy atom. The van der Waals surface area contributed by atoms with Crippen molar-refractivity contribution in [2.24, 2.45) is 5.73 Å². The SMILES string of the molecule is NC(=O)c1nc(Cc2ccc(C(=O)O)o2)[nH]c1NC(=O)NCc1ccccc1F. The number of aromatic amines is 1. The Bertz CT molecular complexity index is 1070. The molecule has 1 aromatic carbocycles. The summed E-state index contributed by atoms with van der Waals surface area (Å²) in [4.78, 5) is 41.3. The number of halogens is 1. The number of carboxylic acid groups (broad SMARTS) is 1. The van der Waals surface area contributed by atoms with Crippen molar-refractivity contribution in [3.05, 3.63) is 70.8 Å². The quantitative estimate of drug-likeness (QED) is 0.405. The Balaban J connectivity index is 1.69. The Kier molecular flexibility index (Phi) is 5.58. The molecule has 10 nitrogen and oxygen atoms in total. The first-order valence-electron chi connectivity index (χ1n) is 8.32. The van der Waals surface area contributed by atoms with E-state index < -0.39 is 23.7 Å². The number of anilines is 1. The minimum atomic E-state index is -1.22. The van der Waals surface area contributed by atoms with Gasteiger partial charge in [0, 0.05) is 12.1 Å². The Morgan fingerprint density at radius 1 is 1.21 bits per heavy atom. The normalized spacial score (nSPS) is 10.5. The molecule has 0 unspecified atom stereocenters. The fourth-order valence-electron chi connectivity index (χ4n) is 2.50. The molecule has 2 aromatic heterocycles. The number of hydrogen-bond donors (Lipinski definition) is 5. The molecule has 0 aliphatic heterocycles. The summed E-state index contributed by atoms with van der Waals surface area (Å²) in [6, 6.07) is 7.98. The smallest absolute Gasteiger partial charge is 0.371 e. The number of primary amides is 1. The molecule has 0 spiro atoms. The average Bonchev–Trinajstić information content (AvgIpc) is 3.28. The molecule has 11 heteroatoms. The highest BCUT2D eigenvalue weighted by molar-refractivity contribution is 6.00. The van der Waals surface area contributed by atoms with Crippen molar-refractivity contribution in [2.75, 3.05) is 5.32 Å². The lowest BCUT2D eigenvalue weighted by Gasteiger charge is -2.07. The van der Waals surface area contributed by atoms with E-state index in [1.807, 2.05) is 0 Å². The molecular weight excluding hydrogens is 385 g/mol. The molecule has 0 aliphatic rings. The summed E-state index contributed by atoms with van der Waals surface area (Å²) in [6.45, 7) is -0.0736. The second-order valence-corrected chi connectivity index (χ2v) is 5.92. The molecule has 3 aromatic rings. The number of furan rings is 1. The van der Waals surface area contributed by atoms with Gasteiger partial charge in [-0.25, -0.2) is 19.0 Å². The number of nitrogens with zero attached hydrogens (tertiary/aromatic N) is 1. The summed E-state index contributed by atoms with van der Waals surface area (Å²) in [5.41, 5.74) is 5.35. The number of H-pyrrole nitrogens is 1. The number of nitrogens with two attached hydrogens (primary N) is 1. The van der Waals surface area contributed by atoms with Gasteiger partial charge in [0.2, 0.25) is 5.76 Å². The first-order chi connectivity index (χ1) is 13.8. The zero-order valence-electron chi connectivity index (χ0n) is 14.9. The lowest BCUT2D eigenvalue weighted by Crippen LogP contribution is -2.29. The third kappa shape index (κ3) is 4.77. The zero-order valence-corrected chi connectivity index (χ0v) is 14.9. The molecule has 150 valence electrons. The van der Waals surface area contributed by atoms with Gasteiger partial charge in [-0.3, -0.25) is 10.1 Å². The molecule has 6 N–H and O–H groups in total. The van der Waals surface area contributed by atoms with Crippen LogP contribution in [0.4, 0.5) is 15.0 Å². The summed E-state index contributed by atoms with van der Waals surface area (Å²) in [7, 11) is 0. The second kappa shape index (κ2) is 8.25. The fourth-order valence-corrected chi connectivity index (χ4v) is 2.50. The highest BCUT2D eigenvalue weighted by Crippen LogP contribution is 2.17. The lowest BCUT2D eigenvalue weighted by molar-refractivity contribution is 0.0660. The molecule has 3 amide bonds. The van der Waals surface area contributed by atoms with Crippen LogP contribution in [0.2, 0.25) is 0 Å². The molecule has 0 saturated heterocycles. The molecule has 0 bridgehead atoms. The number of amides is 3. The molecule has 3 rings (SSSR count). The number of carbonyl (C=O) groups is 3. The number of benzene rings is 1. The van der Waals surface area contributed by atoms with Gasteiger partial charge < -0.3 is 25.6 Å². The first-order valence-corrected chi connectivity index (χ1v) is 8.32. The highest BCUT2D eigenvalue weighted by atomic mass is 19.1. The molecule has 0 radical (unpaired) electrons. The third-order valence-electron chi connectivity index (χ3n) is 3.84. The van der Waals surface area contributed by atoms with Crippen molar-refractivity contribution >= 4 is 23.7 Å².